The molecule has 1 saturated heterocycles. The third kappa shape index (κ3) is 5.38. The Morgan fingerprint density at radius 3 is 2.35 bits per heavy atom. The van der Waals surface area contributed by atoms with E-state index in [1.165, 1.54) is 0 Å². The number of likely N-dealkylation sites (tertiary alicyclic amines) is 1. The van der Waals surface area contributed by atoms with Gasteiger partial charge in [-0.25, -0.2) is 13.1 Å². The molecule has 0 aliphatic carbocycles. The van der Waals surface area contributed by atoms with Gasteiger partial charge < -0.3 is 9.64 Å². The van der Waals surface area contributed by atoms with Gasteiger partial charge in [-0.3, -0.25) is 4.79 Å². The molecule has 0 aromatic carbocycles. The lowest BCUT2D eigenvalue weighted by Crippen LogP contribution is -2.42. The molecule has 1 heterocycles. The summed E-state index contributed by atoms with van der Waals surface area (Å²) in [7, 11) is -3.27. The van der Waals surface area contributed by atoms with Crippen LogP contribution in [0.15, 0.2) is 0 Å². The summed E-state index contributed by atoms with van der Waals surface area (Å²) < 4.78 is 30.8. The number of nitrogens with one attached hydrogen (secondary N) is 1. The first-order valence-electron chi connectivity index (χ1n) is 6.97. The molecule has 1 N–H and O–H groups in total. The molecular formula is C13H26N2O4S. The molecule has 0 bridgehead atoms. The molecule has 118 valence electrons. The molecule has 0 spiro atoms. The van der Waals surface area contributed by atoms with Gasteiger partial charge in [0.1, 0.15) is 6.61 Å². The van der Waals surface area contributed by atoms with Crippen molar-refractivity contribution in [2.24, 2.45) is 11.8 Å². The standard InChI is InChI=1S/C13H26N2O4S/c1-9(2)11-6-15(13(16)8-19-10(3)4)7-12(11)14-20(5,17)18/h9-12,14H,6-8H2,1-5H3. The summed E-state index contributed by atoms with van der Waals surface area (Å²) in [4.78, 5) is 13.7. The van der Waals surface area contributed by atoms with Crippen LogP contribution in [-0.4, -0.2) is 57.3 Å². The maximum Gasteiger partial charge on any atom is 0.248 e. The van der Waals surface area contributed by atoms with Crippen molar-refractivity contribution in [3.8, 4) is 0 Å². The second-order valence-electron chi connectivity index (χ2n) is 6.06. The maximum absolute atomic E-state index is 12.1. The molecule has 20 heavy (non-hydrogen) atoms. The van der Waals surface area contributed by atoms with Crippen LogP contribution in [0.1, 0.15) is 27.7 Å². The van der Waals surface area contributed by atoms with E-state index in [1.54, 1.807) is 4.90 Å². The highest BCUT2D eigenvalue weighted by molar-refractivity contribution is 7.88. The number of ether oxygens (including phenoxy) is 1. The zero-order valence-electron chi connectivity index (χ0n) is 12.9. The third-order valence-electron chi connectivity index (χ3n) is 3.48. The molecule has 0 aromatic heterocycles. The van der Waals surface area contributed by atoms with Crippen LogP contribution in [0.3, 0.4) is 0 Å². The predicted molar refractivity (Wildman–Crippen MR) is 77.8 cm³/mol. The van der Waals surface area contributed by atoms with Crippen LogP contribution in [0.2, 0.25) is 0 Å². The first kappa shape index (κ1) is 17.4. The summed E-state index contributed by atoms with van der Waals surface area (Å²) in [6.07, 6.45) is 1.16. The Morgan fingerprint density at radius 2 is 1.90 bits per heavy atom. The van der Waals surface area contributed by atoms with Crippen molar-refractivity contribution in [1.29, 1.82) is 0 Å². The largest absolute Gasteiger partial charge is 0.369 e. The zero-order valence-corrected chi connectivity index (χ0v) is 13.7. The molecule has 0 saturated carbocycles. The van der Waals surface area contributed by atoms with E-state index in [4.69, 9.17) is 4.74 Å². The topological polar surface area (TPSA) is 75.7 Å². The quantitative estimate of drug-likeness (QED) is 0.773. The van der Waals surface area contributed by atoms with Crippen molar-refractivity contribution in [2.75, 3.05) is 26.0 Å². The Bertz CT molecular complexity index is 434. The maximum atomic E-state index is 12.1. The predicted octanol–water partition coefficient (Wildman–Crippen LogP) is 0.444. The molecule has 6 nitrogen and oxygen atoms in total. The second kappa shape index (κ2) is 6.87. The number of hydrogen-bond acceptors (Lipinski definition) is 4. The number of hydrogen-bond donors (Lipinski definition) is 1. The van der Waals surface area contributed by atoms with Gasteiger partial charge in [0.25, 0.3) is 0 Å². The van der Waals surface area contributed by atoms with E-state index < -0.39 is 10.0 Å². The van der Waals surface area contributed by atoms with E-state index in [0.29, 0.717) is 19.0 Å². The van der Waals surface area contributed by atoms with Gasteiger partial charge in [0.15, 0.2) is 0 Å². The van der Waals surface area contributed by atoms with Gasteiger partial charge in [-0.05, 0) is 25.7 Å². The van der Waals surface area contributed by atoms with Crippen molar-refractivity contribution in [1.82, 2.24) is 9.62 Å². The molecule has 1 aliphatic heterocycles. The summed E-state index contributed by atoms with van der Waals surface area (Å²) in [5.41, 5.74) is 0. The average Bonchev–Trinajstić information content (AvgIpc) is 2.67. The Hall–Kier alpha value is -0.660. The molecule has 0 radical (unpaired) electrons. The number of carbonyl (C=O) groups excluding carboxylic acids is 1. The molecule has 1 rings (SSSR count). The van der Waals surface area contributed by atoms with Crippen LogP contribution in [0.25, 0.3) is 0 Å². The molecular weight excluding hydrogens is 280 g/mol. The van der Waals surface area contributed by atoms with Crippen molar-refractivity contribution in [3.63, 3.8) is 0 Å². The lowest BCUT2D eigenvalue weighted by Gasteiger charge is -2.21. The van der Waals surface area contributed by atoms with Gasteiger partial charge in [0.05, 0.1) is 12.4 Å². The van der Waals surface area contributed by atoms with E-state index in [1.807, 2.05) is 27.7 Å². The third-order valence-corrected chi connectivity index (χ3v) is 4.21. The average molecular weight is 306 g/mol. The van der Waals surface area contributed by atoms with E-state index in [0.717, 1.165) is 6.26 Å². The molecule has 1 amide bonds. The Labute approximate surface area is 121 Å². The minimum absolute atomic E-state index is 0.00684. The minimum Gasteiger partial charge on any atom is -0.369 e. The van der Waals surface area contributed by atoms with Crippen LogP contribution in [0.5, 0.6) is 0 Å². The van der Waals surface area contributed by atoms with Crippen LogP contribution in [0.4, 0.5) is 0 Å². The van der Waals surface area contributed by atoms with Gasteiger partial charge >= 0.3 is 0 Å². The SMILES string of the molecule is CC(C)OCC(=O)N1CC(NS(C)(=O)=O)C(C(C)C)C1. The van der Waals surface area contributed by atoms with Crippen LogP contribution < -0.4 is 4.72 Å². The Morgan fingerprint density at radius 1 is 1.30 bits per heavy atom. The van der Waals surface area contributed by atoms with Crippen molar-refractivity contribution < 1.29 is 17.9 Å². The van der Waals surface area contributed by atoms with Gasteiger partial charge in [-0.15, -0.1) is 0 Å². The minimum atomic E-state index is -3.27. The van der Waals surface area contributed by atoms with Crippen LogP contribution >= 0.6 is 0 Å². The highest BCUT2D eigenvalue weighted by Crippen LogP contribution is 2.25. The van der Waals surface area contributed by atoms with Crippen molar-refractivity contribution >= 4 is 15.9 Å². The molecule has 7 heteroatoms. The fourth-order valence-electron chi connectivity index (χ4n) is 2.44. The van der Waals surface area contributed by atoms with E-state index >= 15 is 0 Å². The molecule has 1 aliphatic rings. The first-order valence-corrected chi connectivity index (χ1v) is 8.86. The smallest absolute Gasteiger partial charge is 0.248 e. The molecule has 2 atom stereocenters. The number of sulfonamides is 1. The lowest BCUT2D eigenvalue weighted by molar-refractivity contribution is -0.136. The monoisotopic (exact) mass is 306 g/mol. The highest BCUT2D eigenvalue weighted by Gasteiger charge is 2.38. The number of nitrogens with zero attached hydrogens (tertiary/aromatic N) is 1. The normalized spacial score (nSPS) is 23.9. The highest BCUT2D eigenvalue weighted by atomic mass is 32.2. The Kier molecular flexibility index (Phi) is 5.97. The van der Waals surface area contributed by atoms with E-state index in [-0.39, 0.29) is 30.6 Å². The zero-order chi connectivity index (χ0) is 15.5. The van der Waals surface area contributed by atoms with Crippen LogP contribution in [0, 0.1) is 11.8 Å². The summed E-state index contributed by atoms with van der Waals surface area (Å²) >= 11 is 0. The Balaban J connectivity index is 2.67. The summed E-state index contributed by atoms with van der Waals surface area (Å²) in [6, 6.07) is -0.215. The van der Waals surface area contributed by atoms with Gasteiger partial charge in [-0.1, -0.05) is 13.8 Å². The van der Waals surface area contributed by atoms with Crippen molar-refractivity contribution in [3.05, 3.63) is 0 Å². The van der Waals surface area contributed by atoms with Crippen LogP contribution in [-0.2, 0) is 19.6 Å². The van der Waals surface area contributed by atoms with Gasteiger partial charge in [0, 0.05) is 19.1 Å². The van der Waals surface area contributed by atoms with Gasteiger partial charge in [0.2, 0.25) is 15.9 Å². The number of rotatable bonds is 6. The van der Waals surface area contributed by atoms with Crippen molar-refractivity contribution in [2.45, 2.75) is 39.8 Å². The van der Waals surface area contributed by atoms with E-state index in [2.05, 4.69) is 4.72 Å². The number of carbonyl (C=O) groups is 1. The molecule has 1 fully saturated rings. The van der Waals surface area contributed by atoms with E-state index in [9.17, 15) is 13.2 Å². The summed E-state index contributed by atoms with van der Waals surface area (Å²) in [6.45, 7) is 8.88. The number of amides is 1. The first-order chi connectivity index (χ1) is 9.10. The lowest BCUT2D eigenvalue weighted by atomic mass is 9.92. The summed E-state index contributed by atoms with van der Waals surface area (Å²) in [5.74, 6) is 0.355. The molecule has 2 unspecified atom stereocenters. The second-order valence-corrected chi connectivity index (χ2v) is 7.84. The fraction of sp³-hybridized carbons (Fsp3) is 0.923. The molecule has 0 aromatic rings. The van der Waals surface area contributed by atoms with Gasteiger partial charge in [-0.2, -0.15) is 0 Å². The fourth-order valence-corrected chi connectivity index (χ4v) is 3.24. The summed E-state index contributed by atoms with van der Waals surface area (Å²) in [5, 5.41) is 0.